The summed E-state index contributed by atoms with van der Waals surface area (Å²) in [6.45, 7) is 1.59. The Morgan fingerprint density at radius 1 is 1.38 bits per heavy atom. The van der Waals surface area contributed by atoms with Crippen molar-refractivity contribution in [3.63, 3.8) is 0 Å². The van der Waals surface area contributed by atoms with Gasteiger partial charge in [0, 0.05) is 12.3 Å². The van der Waals surface area contributed by atoms with Gasteiger partial charge in [-0.1, -0.05) is 0 Å². The van der Waals surface area contributed by atoms with E-state index in [1.807, 2.05) is 4.98 Å². The maximum atomic E-state index is 11.4. The van der Waals surface area contributed by atoms with Crippen LogP contribution in [0.15, 0.2) is 21.9 Å². The number of hydrogen-bond acceptors (Lipinski definition) is 5. The zero-order valence-corrected chi connectivity index (χ0v) is 8.53. The topological polar surface area (TPSA) is 105 Å². The molecule has 1 aromatic heterocycles. The summed E-state index contributed by atoms with van der Waals surface area (Å²) in [5, 5.41) is 19.1. The van der Waals surface area contributed by atoms with Crippen LogP contribution in [0.5, 0.6) is 0 Å². The molecule has 2 rings (SSSR count). The van der Waals surface area contributed by atoms with Crippen molar-refractivity contribution in [1.82, 2.24) is 9.55 Å². The summed E-state index contributed by atoms with van der Waals surface area (Å²) in [5.41, 5.74) is -1.21. The van der Waals surface area contributed by atoms with Gasteiger partial charge in [-0.3, -0.25) is 14.3 Å². The second-order valence-electron chi connectivity index (χ2n) is 3.73. The number of aromatic amines is 1. The van der Waals surface area contributed by atoms with Crippen LogP contribution in [-0.2, 0) is 4.74 Å². The van der Waals surface area contributed by atoms with Gasteiger partial charge in [0.1, 0.15) is 12.2 Å². The molecule has 1 aliphatic heterocycles. The first-order valence-electron chi connectivity index (χ1n) is 4.84. The molecular formula is C9H12N2O5. The third-order valence-electron chi connectivity index (χ3n) is 2.60. The molecule has 0 bridgehead atoms. The highest BCUT2D eigenvalue weighted by Crippen LogP contribution is 2.27. The van der Waals surface area contributed by atoms with Crippen molar-refractivity contribution in [2.75, 3.05) is 0 Å². The van der Waals surface area contributed by atoms with Gasteiger partial charge in [0.15, 0.2) is 6.23 Å². The van der Waals surface area contributed by atoms with E-state index in [2.05, 4.69) is 0 Å². The third kappa shape index (κ3) is 1.69. The van der Waals surface area contributed by atoms with Crippen LogP contribution in [0.3, 0.4) is 0 Å². The lowest BCUT2D eigenvalue weighted by Crippen LogP contribution is -2.37. The quantitative estimate of drug-likeness (QED) is 0.524. The van der Waals surface area contributed by atoms with E-state index < -0.39 is 35.8 Å². The van der Waals surface area contributed by atoms with Crippen molar-refractivity contribution in [2.45, 2.75) is 31.5 Å². The summed E-state index contributed by atoms with van der Waals surface area (Å²) in [7, 11) is 0. The van der Waals surface area contributed by atoms with Crippen molar-refractivity contribution >= 4 is 0 Å². The lowest BCUT2D eigenvalue weighted by Gasteiger charge is -2.16. The van der Waals surface area contributed by atoms with E-state index in [1.54, 1.807) is 6.92 Å². The highest BCUT2D eigenvalue weighted by Gasteiger charge is 2.41. The summed E-state index contributed by atoms with van der Waals surface area (Å²) in [6.07, 6.45) is -2.57. The monoisotopic (exact) mass is 228 g/mol. The normalized spacial score (nSPS) is 34.2. The highest BCUT2D eigenvalue weighted by molar-refractivity contribution is 4.91. The maximum absolute atomic E-state index is 11.4. The zero-order valence-electron chi connectivity index (χ0n) is 8.53. The Labute approximate surface area is 89.9 Å². The Morgan fingerprint density at radius 3 is 2.56 bits per heavy atom. The molecule has 7 nitrogen and oxygen atoms in total. The van der Waals surface area contributed by atoms with Crippen LogP contribution in [0, 0.1) is 0 Å². The largest absolute Gasteiger partial charge is 0.388 e. The molecule has 0 amide bonds. The van der Waals surface area contributed by atoms with Crippen LogP contribution in [0.4, 0.5) is 0 Å². The SMILES string of the molecule is C[C@@H]1O[C@@H](n2ccc(=O)[nH]c2=O)[C@H](O)[C@@H]1O. The number of hydrogen-bond donors (Lipinski definition) is 3. The van der Waals surface area contributed by atoms with E-state index in [-0.39, 0.29) is 0 Å². The van der Waals surface area contributed by atoms with E-state index in [0.717, 1.165) is 10.6 Å². The molecule has 1 saturated heterocycles. The van der Waals surface area contributed by atoms with E-state index in [1.165, 1.54) is 6.20 Å². The molecule has 0 spiro atoms. The van der Waals surface area contributed by atoms with Crippen molar-refractivity contribution in [3.05, 3.63) is 33.1 Å². The minimum Gasteiger partial charge on any atom is -0.388 e. The summed E-state index contributed by atoms with van der Waals surface area (Å²) in [4.78, 5) is 24.3. The number of aromatic nitrogens is 2. The first-order chi connectivity index (χ1) is 7.50. The fraction of sp³-hybridized carbons (Fsp3) is 0.556. The Balaban J connectivity index is 2.39. The molecule has 1 aliphatic rings. The minimum atomic E-state index is -1.20. The number of H-pyrrole nitrogens is 1. The summed E-state index contributed by atoms with van der Waals surface area (Å²) in [6, 6.07) is 1.15. The van der Waals surface area contributed by atoms with Crippen LogP contribution >= 0.6 is 0 Å². The maximum Gasteiger partial charge on any atom is 0.330 e. The van der Waals surface area contributed by atoms with Crippen LogP contribution < -0.4 is 11.2 Å². The fourth-order valence-electron chi connectivity index (χ4n) is 1.69. The lowest BCUT2D eigenvalue weighted by atomic mass is 10.1. The molecule has 88 valence electrons. The van der Waals surface area contributed by atoms with Gasteiger partial charge in [0.2, 0.25) is 0 Å². The van der Waals surface area contributed by atoms with E-state index >= 15 is 0 Å². The van der Waals surface area contributed by atoms with Crippen LogP contribution in [0.2, 0.25) is 0 Å². The molecule has 7 heteroatoms. The zero-order chi connectivity index (χ0) is 11.9. The average molecular weight is 228 g/mol. The standard InChI is InChI=1S/C9H12N2O5/c1-4-6(13)7(14)8(16-4)11-3-2-5(12)10-9(11)15/h2-4,6-8,13-14H,1H3,(H,10,12,15)/t4-,6+,7+,8+/m0/s1. The van der Waals surface area contributed by atoms with Gasteiger partial charge in [0.05, 0.1) is 6.10 Å². The lowest BCUT2D eigenvalue weighted by molar-refractivity contribution is -0.0351. The third-order valence-corrected chi connectivity index (χ3v) is 2.60. The number of nitrogens with zero attached hydrogens (tertiary/aromatic N) is 1. The van der Waals surface area contributed by atoms with Gasteiger partial charge in [-0.15, -0.1) is 0 Å². The molecule has 4 atom stereocenters. The number of nitrogens with one attached hydrogen (secondary N) is 1. The molecule has 0 aliphatic carbocycles. The molecular weight excluding hydrogens is 216 g/mol. The summed E-state index contributed by atoms with van der Waals surface area (Å²) < 4.78 is 6.27. The number of aliphatic hydroxyl groups excluding tert-OH is 2. The molecule has 0 saturated carbocycles. The van der Waals surface area contributed by atoms with Gasteiger partial charge >= 0.3 is 5.69 Å². The predicted octanol–water partition coefficient (Wildman–Crippen LogP) is -1.82. The van der Waals surface area contributed by atoms with Gasteiger partial charge < -0.3 is 14.9 Å². The van der Waals surface area contributed by atoms with Crippen LogP contribution in [0.25, 0.3) is 0 Å². The highest BCUT2D eigenvalue weighted by atomic mass is 16.6. The average Bonchev–Trinajstić information content (AvgIpc) is 2.46. The van der Waals surface area contributed by atoms with Crippen LogP contribution in [-0.4, -0.2) is 38.1 Å². The molecule has 0 unspecified atom stereocenters. The van der Waals surface area contributed by atoms with Crippen LogP contribution in [0.1, 0.15) is 13.2 Å². The molecule has 1 aromatic rings. The molecule has 1 fully saturated rings. The molecule has 3 N–H and O–H groups in total. The van der Waals surface area contributed by atoms with Crippen molar-refractivity contribution in [1.29, 1.82) is 0 Å². The summed E-state index contributed by atoms with van der Waals surface area (Å²) >= 11 is 0. The van der Waals surface area contributed by atoms with E-state index in [0.29, 0.717) is 0 Å². The van der Waals surface area contributed by atoms with Crippen molar-refractivity contribution in [2.24, 2.45) is 0 Å². The smallest absolute Gasteiger partial charge is 0.330 e. The first kappa shape index (κ1) is 11.1. The fourth-order valence-corrected chi connectivity index (χ4v) is 1.69. The van der Waals surface area contributed by atoms with Gasteiger partial charge in [-0.05, 0) is 6.92 Å². The van der Waals surface area contributed by atoms with Gasteiger partial charge in [-0.25, -0.2) is 4.79 Å². The van der Waals surface area contributed by atoms with Crippen molar-refractivity contribution in [3.8, 4) is 0 Å². The molecule has 0 radical (unpaired) electrons. The number of rotatable bonds is 1. The van der Waals surface area contributed by atoms with E-state index in [9.17, 15) is 19.8 Å². The molecule has 0 aromatic carbocycles. The predicted molar refractivity (Wildman–Crippen MR) is 52.9 cm³/mol. The Bertz CT molecular complexity index is 493. The van der Waals surface area contributed by atoms with Gasteiger partial charge in [0.25, 0.3) is 5.56 Å². The molecule has 16 heavy (non-hydrogen) atoms. The Kier molecular flexibility index (Phi) is 2.66. The second-order valence-corrected chi connectivity index (χ2v) is 3.73. The summed E-state index contributed by atoms with van der Waals surface area (Å²) in [5.74, 6) is 0. The minimum absolute atomic E-state index is 0.526. The van der Waals surface area contributed by atoms with E-state index in [4.69, 9.17) is 4.74 Å². The Hall–Kier alpha value is -1.44. The first-order valence-corrected chi connectivity index (χ1v) is 4.84. The number of ether oxygens (including phenoxy) is 1. The number of aliphatic hydroxyl groups is 2. The molecule has 2 heterocycles. The van der Waals surface area contributed by atoms with Crippen molar-refractivity contribution < 1.29 is 14.9 Å². The Morgan fingerprint density at radius 2 is 2.06 bits per heavy atom. The van der Waals surface area contributed by atoms with Gasteiger partial charge in [-0.2, -0.15) is 0 Å². The second kappa shape index (κ2) is 3.85.